The van der Waals surface area contributed by atoms with E-state index in [1.165, 1.54) is 11.3 Å². The van der Waals surface area contributed by atoms with Crippen molar-refractivity contribution in [2.75, 3.05) is 0 Å². The second-order valence-electron chi connectivity index (χ2n) is 4.79. The molecule has 1 heterocycles. The molecule has 0 bridgehead atoms. The third-order valence-corrected chi connectivity index (χ3v) is 4.32. The quantitative estimate of drug-likeness (QED) is 0.671. The molecule has 0 fully saturated rings. The third kappa shape index (κ3) is 2.98. The van der Waals surface area contributed by atoms with Crippen molar-refractivity contribution in [1.29, 1.82) is 0 Å². The summed E-state index contributed by atoms with van der Waals surface area (Å²) in [7, 11) is 0. The van der Waals surface area contributed by atoms with E-state index in [0.717, 1.165) is 22.3 Å². The van der Waals surface area contributed by atoms with Crippen LogP contribution in [0, 0.1) is 11.6 Å². The Kier molecular flexibility index (Phi) is 4.16. The zero-order valence-electron chi connectivity index (χ0n) is 12.0. The van der Waals surface area contributed by atoms with Gasteiger partial charge in [-0.3, -0.25) is 4.79 Å². The van der Waals surface area contributed by atoms with E-state index >= 15 is 0 Å². The van der Waals surface area contributed by atoms with Gasteiger partial charge in [-0.25, -0.2) is 8.78 Å². The lowest BCUT2D eigenvalue weighted by Gasteiger charge is -2.01. The topological polar surface area (TPSA) is 34.4 Å². The number of allylic oxidation sites excluding steroid dienone is 1. The van der Waals surface area contributed by atoms with Crippen molar-refractivity contribution >= 4 is 27.5 Å². The number of hydrogen-bond donors (Lipinski definition) is 0. The Balaban J connectivity index is 2.14. The van der Waals surface area contributed by atoms with Crippen LogP contribution in [0.15, 0.2) is 60.1 Å². The van der Waals surface area contributed by atoms with Gasteiger partial charge in [-0.05, 0) is 24.3 Å². The normalized spacial score (nSPS) is 11.8. The summed E-state index contributed by atoms with van der Waals surface area (Å²) in [5.74, 6) is -2.40. The van der Waals surface area contributed by atoms with Crippen LogP contribution in [0.3, 0.4) is 0 Å². The summed E-state index contributed by atoms with van der Waals surface area (Å²) in [6.45, 7) is 4.17. The summed E-state index contributed by atoms with van der Waals surface area (Å²) in [5, 5.41) is 0. The van der Waals surface area contributed by atoms with Gasteiger partial charge >= 0.3 is 0 Å². The molecule has 3 rings (SSSR count). The number of rotatable bonds is 3. The van der Waals surface area contributed by atoms with Gasteiger partial charge in [-0.2, -0.15) is 4.99 Å². The van der Waals surface area contributed by atoms with Gasteiger partial charge in [0.2, 0.25) is 0 Å². The molecule has 3 aromatic rings. The molecule has 1 amide bonds. The number of carbonyl (C=O) groups is 1. The predicted molar refractivity (Wildman–Crippen MR) is 86.3 cm³/mol. The van der Waals surface area contributed by atoms with Crippen molar-refractivity contribution in [2.45, 2.75) is 6.54 Å². The fraction of sp³-hybridized carbons (Fsp3) is 0.0588. The lowest BCUT2D eigenvalue weighted by molar-refractivity contribution is 0.0994. The molecular formula is C17H12F2N2OS. The molecule has 116 valence electrons. The number of para-hydroxylation sites is 1. The summed E-state index contributed by atoms with van der Waals surface area (Å²) >= 11 is 1.33. The number of benzene rings is 2. The van der Waals surface area contributed by atoms with Gasteiger partial charge in [0.05, 0.1) is 15.8 Å². The minimum absolute atomic E-state index is 0.256. The van der Waals surface area contributed by atoms with Crippen LogP contribution in [0.5, 0.6) is 0 Å². The highest BCUT2D eigenvalue weighted by atomic mass is 32.1. The molecular weight excluding hydrogens is 318 g/mol. The standard InChI is InChI=1S/C17H12F2N2OS/c1-2-9-21-14-5-3-4-6-15(14)23-17(21)20-16(22)12-8-7-11(18)10-13(12)19/h2-8,10H,1,9H2. The van der Waals surface area contributed by atoms with Gasteiger partial charge in [0.1, 0.15) is 11.6 Å². The molecule has 0 spiro atoms. The Hall–Kier alpha value is -2.60. The van der Waals surface area contributed by atoms with Gasteiger partial charge in [0.15, 0.2) is 4.80 Å². The SMILES string of the molecule is C=CCn1c(=NC(=O)c2ccc(F)cc2F)sc2ccccc21. The number of nitrogens with zero attached hydrogens (tertiary/aromatic N) is 2. The van der Waals surface area contributed by atoms with Crippen molar-refractivity contribution in [1.82, 2.24) is 4.57 Å². The first-order valence-electron chi connectivity index (χ1n) is 6.83. The maximum absolute atomic E-state index is 13.7. The van der Waals surface area contributed by atoms with Crippen molar-refractivity contribution in [3.8, 4) is 0 Å². The lowest BCUT2D eigenvalue weighted by atomic mass is 10.2. The first kappa shape index (κ1) is 15.3. The van der Waals surface area contributed by atoms with E-state index in [1.54, 1.807) is 6.08 Å². The molecule has 23 heavy (non-hydrogen) atoms. The minimum Gasteiger partial charge on any atom is -0.312 e. The Morgan fingerprint density at radius 3 is 2.78 bits per heavy atom. The van der Waals surface area contributed by atoms with Crippen LogP contribution in [0.4, 0.5) is 8.78 Å². The maximum Gasteiger partial charge on any atom is 0.282 e. The van der Waals surface area contributed by atoms with Gasteiger partial charge in [-0.15, -0.1) is 6.58 Å². The smallest absolute Gasteiger partial charge is 0.282 e. The van der Waals surface area contributed by atoms with Gasteiger partial charge in [-0.1, -0.05) is 29.5 Å². The first-order valence-corrected chi connectivity index (χ1v) is 7.65. The molecule has 0 aliphatic rings. The van der Waals surface area contributed by atoms with E-state index in [0.29, 0.717) is 17.4 Å². The molecule has 2 aromatic carbocycles. The van der Waals surface area contributed by atoms with Crippen LogP contribution in [-0.4, -0.2) is 10.5 Å². The maximum atomic E-state index is 13.7. The summed E-state index contributed by atoms with van der Waals surface area (Å²) in [5.41, 5.74) is 0.664. The second-order valence-corrected chi connectivity index (χ2v) is 5.80. The second kappa shape index (κ2) is 6.26. The molecule has 3 nitrogen and oxygen atoms in total. The van der Waals surface area contributed by atoms with Gasteiger partial charge in [0.25, 0.3) is 5.91 Å². The Labute approximate surface area is 134 Å². The van der Waals surface area contributed by atoms with Crippen LogP contribution < -0.4 is 4.80 Å². The fourth-order valence-corrected chi connectivity index (χ4v) is 3.26. The van der Waals surface area contributed by atoms with E-state index in [9.17, 15) is 13.6 Å². The van der Waals surface area contributed by atoms with Gasteiger partial charge in [0, 0.05) is 12.6 Å². The molecule has 0 saturated heterocycles. The molecule has 0 N–H and O–H groups in total. The van der Waals surface area contributed by atoms with Gasteiger partial charge < -0.3 is 4.57 Å². The summed E-state index contributed by atoms with van der Waals surface area (Å²) in [6.07, 6.45) is 1.70. The van der Waals surface area contributed by atoms with E-state index in [-0.39, 0.29) is 5.56 Å². The van der Waals surface area contributed by atoms with E-state index in [1.807, 2.05) is 28.8 Å². The third-order valence-electron chi connectivity index (χ3n) is 3.26. The summed E-state index contributed by atoms with van der Waals surface area (Å²) in [4.78, 5) is 16.7. The molecule has 0 aliphatic heterocycles. The van der Waals surface area contributed by atoms with Crippen LogP contribution in [0.1, 0.15) is 10.4 Å². The number of hydrogen-bond acceptors (Lipinski definition) is 2. The number of thiazole rings is 1. The molecule has 0 atom stereocenters. The summed E-state index contributed by atoms with van der Waals surface area (Å²) in [6, 6.07) is 10.4. The zero-order chi connectivity index (χ0) is 16.4. The molecule has 6 heteroatoms. The Morgan fingerprint density at radius 2 is 2.04 bits per heavy atom. The average Bonchev–Trinajstić information content (AvgIpc) is 2.85. The number of halogens is 2. The predicted octanol–water partition coefficient (Wildman–Crippen LogP) is 3.91. The van der Waals surface area contributed by atoms with Crippen molar-refractivity contribution in [2.24, 2.45) is 4.99 Å². The van der Waals surface area contributed by atoms with Crippen molar-refractivity contribution < 1.29 is 13.6 Å². The number of carbonyl (C=O) groups excluding carboxylic acids is 1. The minimum atomic E-state index is -0.921. The fourth-order valence-electron chi connectivity index (χ4n) is 2.22. The van der Waals surface area contributed by atoms with Crippen LogP contribution in [0.2, 0.25) is 0 Å². The van der Waals surface area contributed by atoms with E-state index in [4.69, 9.17) is 0 Å². The molecule has 0 radical (unpaired) electrons. The number of fused-ring (bicyclic) bond motifs is 1. The highest BCUT2D eigenvalue weighted by Gasteiger charge is 2.13. The van der Waals surface area contributed by atoms with Crippen molar-refractivity contribution in [3.63, 3.8) is 0 Å². The van der Waals surface area contributed by atoms with Crippen molar-refractivity contribution in [3.05, 3.63) is 77.1 Å². The Bertz CT molecular complexity index is 972. The summed E-state index contributed by atoms with van der Waals surface area (Å²) < 4.78 is 29.4. The highest BCUT2D eigenvalue weighted by Crippen LogP contribution is 2.17. The molecule has 0 saturated carbocycles. The monoisotopic (exact) mass is 330 g/mol. The molecule has 0 aliphatic carbocycles. The zero-order valence-corrected chi connectivity index (χ0v) is 12.8. The average molecular weight is 330 g/mol. The molecule has 0 unspecified atom stereocenters. The van der Waals surface area contributed by atoms with Crippen LogP contribution in [0.25, 0.3) is 10.2 Å². The number of aromatic nitrogens is 1. The largest absolute Gasteiger partial charge is 0.312 e. The lowest BCUT2D eigenvalue weighted by Crippen LogP contribution is -2.16. The Morgan fingerprint density at radius 1 is 1.26 bits per heavy atom. The van der Waals surface area contributed by atoms with Crippen LogP contribution in [-0.2, 0) is 6.54 Å². The number of amides is 1. The highest BCUT2D eigenvalue weighted by molar-refractivity contribution is 7.16. The van der Waals surface area contributed by atoms with Crippen LogP contribution >= 0.6 is 11.3 Å². The van der Waals surface area contributed by atoms with E-state index < -0.39 is 17.5 Å². The first-order chi connectivity index (χ1) is 11.1. The molecule has 1 aromatic heterocycles. The van der Waals surface area contributed by atoms with E-state index in [2.05, 4.69) is 11.6 Å².